The summed E-state index contributed by atoms with van der Waals surface area (Å²) in [5, 5.41) is 12.1. The molecule has 0 bridgehead atoms. The normalized spacial score (nSPS) is 17.1. The van der Waals surface area contributed by atoms with Crippen LogP contribution in [0.5, 0.6) is 0 Å². The Labute approximate surface area is 141 Å². The second-order valence-corrected chi connectivity index (χ2v) is 6.75. The first-order valence-electron chi connectivity index (χ1n) is 8.60. The zero-order chi connectivity index (χ0) is 17.7. The smallest absolute Gasteiger partial charge is 0.326 e. The molecule has 0 radical (unpaired) electrons. The first-order valence-corrected chi connectivity index (χ1v) is 8.60. The lowest BCUT2D eigenvalue weighted by Crippen LogP contribution is -2.46. The van der Waals surface area contributed by atoms with Gasteiger partial charge in [0.15, 0.2) is 0 Å². The summed E-state index contributed by atoms with van der Waals surface area (Å²) in [5.41, 5.74) is 1.59. The van der Waals surface area contributed by atoms with Gasteiger partial charge in [0.1, 0.15) is 6.04 Å². The third-order valence-electron chi connectivity index (χ3n) is 4.78. The molecule has 0 aromatic carbocycles. The molecule has 2 rings (SSSR count). The Morgan fingerprint density at radius 3 is 2.42 bits per heavy atom. The van der Waals surface area contributed by atoms with Gasteiger partial charge in [-0.2, -0.15) is 0 Å². The van der Waals surface area contributed by atoms with E-state index in [9.17, 15) is 19.5 Å². The number of aromatic nitrogens is 1. The van der Waals surface area contributed by atoms with E-state index in [1.165, 1.54) is 0 Å². The average molecular weight is 334 g/mol. The number of amides is 1. The number of carboxylic acid groups (broad SMARTS) is 1. The van der Waals surface area contributed by atoms with E-state index in [0.29, 0.717) is 5.56 Å². The quantitative estimate of drug-likeness (QED) is 0.718. The van der Waals surface area contributed by atoms with Crippen molar-refractivity contribution < 1.29 is 14.7 Å². The summed E-state index contributed by atoms with van der Waals surface area (Å²) in [6.07, 6.45) is 5.78. The van der Waals surface area contributed by atoms with Crippen LogP contribution in [0.15, 0.2) is 10.9 Å². The van der Waals surface area contributed by atoms with Crippen molar-refractivity contribution in [1.82, 2.24) is 10.3 Å². The van der Waals surface area contributed by atoms with Crippen LogP contribution in [-0.4, -0.2) is 28.0 Å². The van der Waals surface area contributed by atoms with Crippen molar-refractivity contribution in [2.24, 2.45) is 5.92 Å². The molecule has 1 aromatic heterocycles. The predicted molar refractivity (Wildman–Crippen MR) is 91.0 cm³/mol. The minimum atomic E-state index is -0.996. The number of H-pyrrole nitrogens is 1. The van der Waals surface area contributed by atoms with Crippen LogP contribution >= 0.6 is 0 Å². The van der Waals surface area contributed by atoms with Crippen molar-refractivity contribution in [2.45, 2.75) is 64.8 Å². The molecule has 3 N–H and O–H groups in total. The number of hydrogen-bond acceptors (Lipinski definition) is 3. The maximum Gasteiger partial charge on any atom is 0.326 e. The third-order valence-corrected chi connectivity index (χ3v) is 4.78. The van der Waals surface area contributed by atoms with Gasteiger partial charge >= 0.3 is 5.97 Å². The van der Waals surface area contributed by atoms with Crippen LogP contribution in [-0.2, 0) is 16.0 Å². The number of aryl methyl sites for hydroxylation is 2. The van der Waals surface area contributed by atoms with Gasteiger partial charge in [-0.1, -0.05) is 25.7 Å². The van der Waals surface area contributed by atoms with Gasteiger partial charge in [0, 0.05) is 11.3 Å². The fraction of sp³-hybridized carbons (Fsp3) is 0.611. The lowest BCUT2D eigenvalue weighted by atomic mass is 9.91. The zero-order valence-electron chi connectivity index (χ0n) is 14.4. The van der Waals surface area contributed by atoms with Crippen LogP contribution in [0.1, 0.15) is 55.3 Å². The lowest BCUT2D eigenvalue weighted by Gasteiger charge is -2.23. The maximum atomic E-state index is 12.3. The number of rotatable bonds is 5. The number of carbonyl (C=O) groups is 2. The Kier molecular flexibility index (Phi) is 6.17. The van der Waals surface area contributed by atoms with Crippen LogP contribution in [0.25, 0.3) is 0 Å². The minimum Gasteiger partial charge on any atom is -0.480 e. The molecule has 0 aliphatic heterocycles. The van der Waals surface area contributed by atoms with Crippen molar-refractivity contribution in [2.75, 3.05) is 0 Å². The molecule has 132 valence electrons. The molecule has 6 heteroatoms. The Hall–Kier alpha value is -2.11. The summed E-state index contributed by atoms with van der Waals surface area (Å²) in [4.78, 5) is 38.6. The Balaban J connectivity index is 2.08. The van der Waals surface area contributed by atoms with E-state index in [2.05, 4.69) is 10.3 Å². The molecule has 1 atom stereocenters. The standard InChI is InChI=1S/C18H26N2O4/c1-11-9-12(2)19-17(22)14(11)10-15(21)20-16(18(23)24)13-7-5-3-4-6-8-13/h9,13,16H,3-8,10H2,1-2H3,(H,19,22)(H,20,21)(H,23,24). The van der Waals surface area contributed by atoms with Crippen LogP contribution in [0.3, 0.4) is 0 Å². The summed E-state index contributed by atoms with van der Waals surface area (Å²) in [6, 6.07) is 0.935. The molecule has 0 saturated heterocycles. The van der Waals surface area contributed by atoms with E-state index in [4.69, 9.17) is 0 Å². The van der Waals surface area contributed by atoms with E-state index in [-0.39, 0.29) is 17.9 Å². The highest BCUT2D eigenvalue weighted by atomic mass is 16.4. The average Bonchev–Trinajstić information content (AvgIpc) is 2.77. The largest absolute Gasteiger partial charge is 0.480 e. The number of aromatic amines is 1. The number of hydrogen-bond donors (Lipinski definition) is 3. The van der Waals surface area contributed by atoms with Crippen LogP contribution in [0.4, 0.5) is 0 Å². The predicted octanol–water partition coefficient (Wildman–Crippen LogP) is 2.07. The SMILES string of the molecule is Cc1cc(C)c(CC(=O)NC(C(=O)O)C2CCCCCC2)c(=O)[nH]1. The third kappa shape index (κ3) is 4.69. The van der Waals surface area contributed by atoms with Crippen molar-refractivity contribution >= 4 is 11.9 Å². The van der Waals surface area contributed by atoms with Crippen molar-refractivity contribution in [3.05, 3.63) is 33.2 Å². The van der Waals surface area contributed by atoms with Gasteiger partial charge in [0.2, 0.25) is 5.91 Å². The number of carbonyl (C=O) groups excluding carboxylic acids is 1. The molecule has 1 amide bonds. The number of pyridine rings is 1. The van der Waals surface area contributed by atoms with Crippen molar-refractivity contribution in [3.8, 4) is 0 Å². The molecule has 1 unspecified atom stereocenters. The van der Waals surface area contributed by atoms with Crippen molar-refractivity contribution in [1.29, 1.82) is 0 Å². The minimum absolute atomic E-state index is 0.0358. The Bertz CT molecular complexity index is 657. The van der Waals surface area contributed by atoms with Crippen LogP contribution < -0.4 is 10.9 Å². The molecule has 6 nitrogen and oxygen atoms in total. The van der Waals surface area contributed by atoms with Crippen LogP contribution in [0.2, 0.25) is 0 Å². The lowest BCUT2D eigenvalue weighted by molar-refractivity contribution is -0.143. The van der Waals surface area contributed by atoms with E-state index in [1.807, 2.05) is 6.07 Å². The summed E-state index contributed by atoms with van der Waals surface area (Å²) in [5.74, 6) is -1.44. The summed E-state index contributed by atoms with van der Waals surface area (Å²) in [6.45, 7) is 3.57. The highest BCUT2D eigenvalue weighted by molar-refractivity contribution is 5.85. The summed E-state index contributed by atoms with van der Waals surface area (Å²) >= 11 is 0. The second-order valence-electron chi connectivity index (χ2n) is 6.75. The molecule has 1 aliphatic rings. The van der Waals surface area contributed by atoms with E-state index < -0.39 is 17.9 Å². The highest BCUT2D eigenvalue weighted by Gasteiger charge is 2.30. The maximum absolute atomic E-state index is 12.3. The molecule has 1 heterocycles. The number of aliphatic carboxylic acids is 1. The second kappa shape index (κ2) is 8.13. The van der Waals surface area contributed by atoms with Gasteiger partial charge in [-0.15, -0.1) is 0 Å². The molecular weight excluding hydrogens is 308 g/mol. The highest BCUT2D eigenvalue weighted by Crippen LogP contribution is 2.25. The number of carboxylic acids is 1. The Morgan fingerprint density at radius 2 is 1.88 bits per heavy atom. The van der Waals surface area contributed by atoms with Crippen LogP contribution in [0, 0.1) is 19.8 Å². The topological polar surface area (TPSA) is 99.3 Å². The summed E-state index contributed by atoms with van der Waals surface area (Å²) < 4.78 is 0. The summed E-state index contributed by atoms with van der Waals surface area (Å²) in [7, 11) is 0. The van der Waals surface area contributed by atoms with E-state index >= 15 is 0 Å². The van der Waals surface area contributed by atoms with Gasteiger partial charge in [-0.05, 0) is 44.2 Å². The fourth-order valence-corrected chi connectivity index (χ4v) is 3.51. The number of nitrogens with one attached hydrogen (secondary N) is 2. The van der Waals surface area contributed by atoms with E-state index in [1.54, 1.807) is 13.8 Å². The van der Waals surface area contributed by atoms with Gasteiger partial charge in [-0.25, -0.2) is 4.79 Å². The molecule has 1 aliphatic carbocycles. The molecular formula is C18H26N2O4. The van der Waals surface area contributed by atoms with Crippen molar-refractivity contribution in [3.63, 3.8) is 0 Å². The van der Waals surface area contributed by atoms with Gasteiger partial charge in [0.05, 0.1) is 6.42 Å². The zero-order valence-corrected chi connectivity index (χ0v) is 14.4. The first kappa shape index (κ1) is 18.2. The van der Waals surface area contributed by atoms with Gasteiger partial charge < -0.3 is 15.4 Å². The molecule has 1 saturated carbocycles. The monoisotopic (exact) mass is 334 g/mol. The van der Waals surface area contributed by atoms with Gasteiger partial charge in [0.25, 0.3) is 5.56 Å². The fourth-order valence-electron chi connectivity index (χ4n) is 3.51. The molecule has 1 aromatic rings. The van der Waals surface area contributed by atoms with Gasteiger partial charge in [-0.3, -0.25) is 9.59 Å². The Morgan fingerprint density at radius 1 is 1.25 bits per heavy atom. The van der Waals surface area contributed by atoms with E-state index in [0.717, 1.165) is 49.8 Å². The molecule has 1 fully saturated rings. The molecule has 0 spiro atoms. The molecule has 24 heavy (non-hydrogen) atoms. The first-order chi connectivity index (χ1) is 11.4.